The van der Waals surface area contributed by atoms with E-state index in [1.807, 2.05) is 0 Å². The lowest BCUT2D eigenvalue weighted by atomic mass is 9.67. The topological polar surface area (TPSA) is 18.5 Å². The summed E-state index contributed by atoms with van der Waals surface area (Å²) in [6, 6.07) is 0. The van der Waals surface area contributed by atoms with Gasteiger partial charge in [0.1, 0.15) is 0 Å². The number of rotatable bonds is 7. The van der Waals surface area contributed by atoms with Gasteiger partial charge in [-0.15, -0.1) is 0 Å². The molecule has 0 aromatic heterocycles. The Hall–Kier alpha value is -0.0151. The quantitative estimate of drug-likeness (QED) is 0.606. The molecule has 1 saturated heterocycles. The van der Waals surface area contributed by atoms with Crippen LogP contribution in [0.3, 0.4) is 0 Å². The summed E-state index contributed by atoms with van der Waals surface area (Å²) in [5, 5.41) is 0. The molecular formula is C15H31BO2. The molecule has 0 spiro atoms. The second-order valence-corrected chi connectivity index (χ2v) is 6.67. The van der Waals surface area contributed by atoms with Gasteiger partial charge in [0.05, 0.1) is 11.2 Å². The average molecular weight is 254 g/mol. The zero-order valence-corrected chi connectivity index (χ0v) is 13.2. The van der Waals surface area contributed by atoms with Crippen LogP contribution < -0.4 is 0 Å². The standard InChI is InChI=1S/C15H31BO2/c1-7-9-11-13(12-10-8-2)16-17-14(3,4)15(5,6)18-16/h13H,7-12H2,1-6H3. The van der Waals surface area contributed by atoms with Gasteiger partial charge < -0.3 is 9.31 Å². The second kappa shape index (κ2) is 6.43. The lowest BCUT2D eigenvalue weighted by molar-refractivity contribution is 0.00578. The molecule has 0 amide bonds. The molecule has 0 N–H and O–H groups in total. The second-order valence-electron chi connectivity index (χ2n) is 6.67. The molecule has 1 fully saturated rings. The highest BCUT2D eigenvalue weighted by Crippen LogP contribution is 2.42. The van der Waals surface area contributed by atoms with Gasteiger partial charge in [-0.2, -0.15) is 0 Å². The minimum atomic E-state index is -0.186. The first kappa shape index (κ1) is 16.0. The molecule has 3 heteroatoms. The van der Waals surface area contributed by atoms with Gasteiger partial charge in [0, 0.05) is 0 Å². The molecule has 0 radical (unpaired) electrons. The first-order valence-electron chi connectivity index (χ1n) is 7.69. The highest BCUT2D eigenvalue weighted by Gasteiger charge is 2.53. The van der Waals surface area contributed by atoms with E-state index in [9.17, 15) is 0 Å². The van der Waals surface area contributed by atoms with Crippen molar-refractivity contribution in [1.82, 2.24) is 0 Å². The summed E-state index contributed by atoms with van der Waals surface area (Å²) in [5.41, 5.74) is -0.372. The number of unbranched alkanes of at least 4 members (excludes halogenated alkanes) is 2. The molecule has 1 aliphatic rings. The fourth-order valence-corrected chi connectivity index (χ4v) is 2.43. The molecule has 0 saturated carbocycles. The summed E-state index contributed by atoms with van der Waals surface area (Å²) in [6.07, 6.45) is 7.52. The Kier molecular flexibility index (Phi) is 5.73. The van der Waals surface area contributed by atoms with Crippen LogP contribution in [-0.4, -0.2) is 18.3 Å². The predicted octanol–water partition coefficient (Wildman–Crippen LogP) is 4.83. The highest BCUT2D eigenvalue weighted by atomic mass is 16.7. The third kappa shape index (κ3) is 3.74. The maximum atomic E-state index is 6.20. The lowest BCUT2D eigenvalue weighted by Crippen LogP contribution is -2.41. The van der Waals surface area contributed by atoms with Gasteiger partial charge in [-0.05, 0) is 33.5 Å². The Balaban J connectivity index is 2.63. The zero-order chi connectivity index (χ0) is 13.8. The third-order valence-electron chi connectivity index (χ3n) is 4.51. The molecule has 18 heavy (non-hydrogen) atoms. The monoisotopic (exact) mass is 254 g/mol. The van der Waals surface area contributed by atoms with E-state index in [1.54, 1.807) is 0 Å². The Labute approximate surface area is 114 Å². The maximum Gasteiger partial charge on any atom is 0.461 e. The molecule has 106 valence electrons. The van der Waals surface area contributed by atoms with Crippen LogP contribution in [0.5, 0.6) is 0 Å². The van der Waals surface area contributed by atoms with Gasteiger partial charge in [0.15, 0.2) is 0 Å². The summed E-state index contributed by atoms with van der Waals surface area (Å²) in [7, 11) is -0.00639. The SMILES string of the molecule is CCCCC(CCCC)B1OC(C)(C)C(C)(C)O1. The first-order chi connectivity index (χ1) is 8.34. The Morgan fingerprint density at radius 2 is 1.22 bits per heavy atom. The third-order valence-corrected chi connectivity index (χ3v) is 4.51. The fourth-order valence-electron chi connectivity index (χ4n) is 2.43. The van der Waals surface area contributed by atoms with Crippen molar-refractivity contribution in [3.63, 3.8) is 0 Å². The van der Waals surface area contributed by atoms with E-state index in [0.717, 1.165) is 0 Å². The molecule has 0 aromatic carbocycles. The molecule has 0 aromatic rings. The van der Waals surface area contributed by atoms with Crippen LogP contribution in [0.15, 0.2) is 0 Å². The number of hydrogen-bond acceptors (Lipinski definition) is 2. The average Bonchev–Trinajstić information content (AvgIpc) is 2.48. The summed E-state index contributed by atoms with van der Waals surface area (Å²) in [6.45, 7) is 13.1. The van der Waals surface area contributed by atoms with E-state index < -0.39 is 0 Å². The van der Waals surface area contributed by atoms with Crippen molar-refractivity contribution in [2.45, 2.75) is 97.1 Å². The molecule has 0 aliphatic carbocycles. The minimum Gasteiger partial charge on any atom is -0.403 e. The van der Waals surface area contributed by atoms with Crippen LogP contribution >= 0.6 is 0 Å². The molecule has 0 atom stereocenters. The Bertz CT molecular complexity index is 227. The van der Waals surface area contributed by atoms with E-state index in [1.165, 1.54) is 38.5 Å². The van der Waals surface area contributed by atoms with Crippen LogP contribution in [0.2, 0.25) is 5.82 Å². The summed E-state index contributed by atoms with van der Waals surface area (Å²) in [5.74, 6) is 0.561. The van der Waals surface area contributed by atoms with Gasteiger partial charge in [-0.1, -0.05) is 52.4 Å². The highest BCUT2D eigenvalue weighted by molar-refractivity contribution is 6.47. The van der Waals surface area contributed by atoms with Crippen LogP contribution in [0.4, 0.5) is 0 Å². The van der Waals surface area contributed by atoms with Crippen LogP contribution in [0, 0.1) is 0 Å². The molecule has 0 bridgehead atoms. The molecule has 1 heterocycles. The summed E-state index contributed by atoms with van der Waals surface area (Å²) >= 11 is 0. The van der Waals surface area contributed by atoms with Crippen LogP contribution in [0.25, 0.3) is 0 Å². The van der Waals surface area contributed by atoms with Gasteiger partial charge >= 0.3 is 7.12 Å². The summed E-state index contributed by atoms with van der Waals surface area (Å²) < 4.78 is 12.4. The van der Waals surface area contributed by atoms with Gasteiger partial charge in [0.2, 0.25) is 0 Å². The molecular weight excluding hydrogens is 223 g/mol. The van der Waals surface area contributed by atoms with Crippen molar-refractivity contribution in [3.05, 3.63) is 0 Å². The van der Waals surface area contributed by atoms with E-state index in [2.05, 4.69) is 41.5 Å². The van der Waals surface area contributed by atoms with Crippen molar-refractivity contribution in [3.8, 4) is 0 Å². The van der Waals surface area contributed by atoms with E-state index in [4.69, 9.17) is 9.31 Å². The van der Waals surface area contributed by atoms with Crippen LogP contribution in [-0.2, 0) is 9.31 Å². The van der Waals surface area contributed by atoms with Crippen molar-refractivity contribution >= 4 is 7.12 Å². The van der Waals surface area contributed by atoms with Gasteiger partial charge in [-0.3, -0.25) is 0 Å². The van der Waals surface area contributed by atoms with E-state index in [0.29, 0.717) is 5.82 Å². The number of hydrogen-bond donors (Lipinski definition) is 0. The minimum absolute atomic E-state index is 0.00639. The summed E-state index contributed by atoms with van der Waals surface area (Å²) in [4.78, 5) is 0. The molecule has 1 rings (SSSR count). The largest absolute Gasteiger partial charge is 0.461 e. The maximum absolute atomic E-state index is 6.20. The predicted molar refractivity (Wildman–Crippen MR) is 78.9 cm³/mol. The van der Waals surface area contributed by atoms with Crippen molar-refractivity contribution in [2.24, 2.45) is 0 Å². The zero-order valence-electron chi connectivity index (χ0n) is 13.2. The van der Waals surface area contributed by atoms with Crippen molar-refractivity contribution < 1.29 is 9.31 Å². The van der Waals surface area contributed by atoms with E-state index in [-0.39, 0.29) is 18.3 Å². The van der Waals surface area contributed by atoms with Crippen molar-refractivity contribution in [2.75, 3.05) is 0 Å². The Morgan fingerprint density at radius 3 is 1.56 bits per heavy atom. The van der Waals surface area contributed by atoms with Crippen LogP contribution in [0.1, 0.15) is 80.1 Å². The lowest BCUT2D eigenvalue weighted by Gasteiger charge is -2.32. The molecule has 1 aliphatic heterocycles. The first-order valence-corrected chi connectivity index (χ1v) is 7.69. The van der Waals surface area contributed by atoms with Gasteiger partial charge in [-0.25, -0.2) is 0 Å². The van der Waals surface area contributed by atoms with E-state index >= 15 is 0 Å². The Morgan fingerprint density at radius 1 is 0.833 bits per heavy atom. The fraction of sp³-hybridized carbons (Fsp3) is 1.00. The van der Waals surface area contributed by atoms with Gasteiger partial charge in [0.25, 0.3) is 0 Å². The van der Waals surface area contributed by atoms with Crippen molar-refractivity contribution in [1.29, 1.82) is 0 Å². The normalized spacial score (nSPS) is 21.8. The smallest absolute Gasteiger partial charge is 0.403 e. The molecule has 2 nitrogen and oxygen atoms in total. The molecule has 0 unspecified atom stereocenters.